The van der Waals surface area contributed by atoms with Crippen LogP contribution in [0, 0.1) is 0 Å². The molecule has 1 saturated heterocycles. The van der Waals surface area contributed by atoms with Gasteiger partial charge in [-0.15, -0.1) is 10.2 Å². The fourth-order valence-electron chi connectivity index (χ4n) is 6.29. The van der Waals surface area contributed by atoms with Crippen molar-refractivity contribution in [2.45, 2.75) is 76.5 Å². The van der Waals surface area contributed by atoms with E-state index in [1.807, 2.05) is 67.8 Å². The average Bonchev–Trinajstić information content (AvgIpc) is 3.55. The van der Waals surface area contributed by atoms with Crippen molar-refractivity contribution in [3.63, 3.8) is 0 Å². The number of rotatable bonds is 7. The van der Waals surface area contributed by atoms with Crippen LogP contribution in [0.2, 0.25) is 0 Å². The highest BCUT2D eigenvalue weighted by Gasteiger charge is 2.40. The fraction of sp³-hybridized carbons (Fsp3) is 0.469. The second kappa shape index (κ2) is 11.8. The Labute approximate surface area is 269 Å². The average molecular weight is 648 g/mol. The van der Waals surface area contributed by atoms with E-state index < -0.39 is 21.5 Å². The van der Waals surface area contributed by atoms with E-state index in [9.17, 15) is 13.2 Å². The molecule has 1 aliphatic carbocycles. The molecule has 2 aliphatic rings. The van der Waals surface area contributed by atoms with Crippen LogP contribution in [-0.2, 0) is 21.0 Å². The molecule has 3 N–H and O–H groups in total. The molecule has 3 atom stereocenters. The smallest absolute Gasteiger partial charge is 0.320 e. The van der Waals surface area contributed by atoms with Crippen LogP contribution in [0.1, 0.15) is 88.2 Å². The van der Waals surface area contributed by atoms with Crippen LogP contribution in [0.3, 0.4) is 0 Å². The minimum Gasteiger partial charge on any atom is -0.484 e. The zero-order chi connectivity index (χ0) is 32.9. The topological polar surface area (TPSA) is 156 Å². The molecule has 3 aromatic heterocycles. The third-order valence-electron chi connectivity index (χ3n) is 8.89. The molecule has 1 unspecified atom stereocenters. The summed E-state index contributed by atoms with van der Waals surface area (Å²) >= 11 is 0. The molecule has 13 nitrogen and oxygen atoms in total. The minimum absolute atomic E-state index is 0.102. The van der Waals surface area contributed by atoms with Gasteiger partial charge >= 0.3 is 6.03 Å². The number of hydrogen-bond acceptors (Lipinski definition) is 9. The van der Waals surface area contributed by atoms with Crippen molar-refractivity contribution in [2.75, 3.05) is 29.9 Å². The van der Waals surface area contributed by atoms with Gasteiger partial charge < -0.3 is 10.1 Å². The largest absolute Gasteiger partial charge is 0.484 e. The number of anilines is 2. The molecule has 1 fully saturated rings. The number of sulfonamides is 1. The summed E-state index contributed by atoms with van der Waals surface area (Å²) < 4.78 is 34.6. The number of hydrogen-bond donors (Lipinski definition) is 3. The Balaban J connectivity index is 1.19. The first-order valence-electron chi connectivity index (χ1n) is 15.5. The Morgan fingerprint density at radius 1 is 1.07 bits per heavy atom. The van der Waals surface area contributed by atoms with Crippen molar-refractivity contribution in [3.8, 4) is 5.75 Å². The molecular weight excluding hydrogens is 606 g/mol. The van der Waals surface area contributed by atoms with Gasteiger partial charge in [-0.25, -0.2) is 18.2 Å². The summed E-state index contributed by atoms with van der Waals surface area (Å²) in [5.74, 6) is 1.72. The number of urea groups is 1. The molecule has 6 rings (SSSR count). The number of nitrogens with zero attached hydrogens (tertiary/aromatic N) is 6. The molecule has 46 heavy (non-hydrogen) atoms. The number of amides is 2. The van der Waals surface area contributed by atoms with Crippen LogP contribution < -0.4 is 20.1 Å². The van der Waals surface area contributed by atoms with E-state index >= 15 is 0 Å². The van der Waals surface area contributed by atoms with Gasteiger partial charge in [0.2, 0.25) is 16.0 Å². The number of aromatic nitrogens is 5. The van der Waals surface area contributed by atoms with E-state index in [0.29, 0.717) is 18.5 Å². The van der Waals surface area contributed by atoms with Crippen LogP contribution in [0.25, 0.3) is 5.65 Å². The number of carbonyl (C=O) groups is 1. The van der Waals surface area contributed by atoms with Gasteiger partial charge in [-0.3, -0.25) is 19.3 Å². The molecule has 2 amide bonds. The first-order chi connectivity index (χ1) is 21.7. The lowest BCUT2D eigenvalue weighted by Gasteiger charge is -2.32. The molecule has 14 heteroatoms. The normalized spacial score (nSPS) is 22.0. The predicted molar refractivity (Wildman–Crippen MR) is 175 cm³/mol. The van der Waals surface area contributed by atoms with Gasteiger partial charge in [0.05, 0.1) is 29.7 Å². The molecule has 244 valence electrons. The number of ether oxygens (including phenoxy) is 1. The molecule has 4 aromatic rings. The lowest BCUT2D eigenvalue weighted by atomic mass is 9.85. The highest BCUT2D eigenvalue weighted by molar-refractivity contribution is 7.92. The molecule has 1 aromatic carbocycles. The van der Waals surface area contributed by atoms with Gasteiger partial charge in [0.25, 0.3) is 0 Å². The van der Waals surface area contributed by atoms with Gasteiger partial charge in [-0.1, -0.05) is 45.0 Å². The summed E-state index contributed by atoms with van der Waals surface area (Å²) in [7, 11) is -1.49. The van der Waals surface area contributed by atoms with E-state index in [4.69, 9.17) is 4.74 Å². The van der Waals surface area contributed by atoms with Crippen LogP contribution in [0.5, 0.6) is 5.75 Å². The standard InChI is InChI=1S/C32H41N9O4S/c1-31(2,3)25-18-26(35-29(34-25)39-46(6,43)44)36-30(42)33-23-13-14-24(22-11-8-7-10-21(22)23)45-20-12-15-27-37-38-28(41(27)19-20)32(4)16-9-17-40(32)5/h7-8,10-12,15,18-19,23-24H,9,13-14,16-17H2,1-6H3,(H3,33,34,35,36,39,42)/t23-,24+,32?/m0/s1. The van der Waals surface area contributed by atoms with Crippen LogP contribution in [0.15, 0.2) is 48.7 Å². The third kappa shape index (κ3) is 6.49. The fourth-order valence-corrected chi connectivity index (χ4v) is 6.72. The third-order valence-corrected chi connectivity index (χ3v) is 9.44. The number of fused-ring (bicyclic) bond motifs is 2. The number of benzene rings is 1. The van der Waals surface area contributed by atoms with Crippen LogP contribution >= 0.6 is 0 Å². The quantitative estimate of drug-likeness (QED) is 0.254. The van der Waals surface area contributed by atoms with Crippen molar-refractivity contribution in [1.82, 2.24) is 34.8 Å². The highest BCUT2D eigenvalue weighted by Crippen LogP contribution is 2.40. The van der Waals surface area contributed by atoms with Gasteiger partial charge in [0.15, 0.2) is 11.5 Å². The summed E-state index contributed by atoms with van der Waals surface area (Å²) in [5, 5.41) is 14.8. The molecular formula is C32H41N9O4S. The van der Waals surface area contributed by atoms with Gasteiger partial charge in [0, 0.05) is 11.5 Å². The van der Waals surface area contributed by atoms with Gasteiger partial charge in [-0.2, -0.15) is 4.98 Å². The molecule has 0 saturated carbocycles. The Morgan fingerprint density at radius 3 is 2.52 bits per heavy atom. The SMILES string of the molecule is CN1CCCC1(C)c1nnc2ccc(O[C@@H]3CC[C@H](NC(=O)Nc4cc(C(C)(C)C)nc(NS(C)(=O)=O)n4)c4ccccc43)cn12. The molecule has 1 aliphatic heterocycles. The van der Waals surface area contributed by atoms with E-state index in [0.717, 1.165) is 54.0 Å². The monoisotopic (exact) mass is 647 g/mol. The summed E-state index contributed by atoms with van der Waals surface area (Å²) in [6.45, 7) is 9.06. The van der Waals surface area contributed by atoms with Crippen molar-refractivity contribution >= 4 is 33.5 Å². The molecule has 4 heterocycles. The minimum atomic E-state index is -3.61. The zero-order valence-electron chi connectivity index (χ0n) is 27.0. The maximum atomic E-state index is 13.2. The Bertz CT molecular complexity index is 1890. The Morgan fingerprint density at radius 2 is 1.83 bits per heavy atom. The summed E-state index contributed by atoms with van der Waals surface area (Å²) in [6, 6.07) is 12.7. The highest BCUT2D eigenvalue weighted by atomic mass is 32.2. The van der Waals surface area contributed by atoms with E-state index in [1.54, 1.807) is 6.07 Å². The molecule has 0 spiro atoms. The van der Waals surface area contributed by atoms with E-state index in [1.165, 1.54) is 0 Å². The van der Waals surface area contributed by atoms with E-state index in [-0.39, 0.29) is 29.5 Å². The summed E-state index contributed by atoms with van der Waals surface area (Å²) in [5.41, 5.74) is 2.72. The van der Waals surface area contributed by atoms with Crippen LogP contribution in [-0.4, -0.2) is 63.8 Å². The summed E-state index contributed by atoms with van der Waals surface area (Å²) in [4.78, 5) is 24.1. The number of carbonyl (C=O) groups excluding carboxylic acids is 1. The van der Waals surface area contributed by atoms with Crippen molar-refractivity contribution < 1.29 is 17.9 Å². The van der Waals surface area contributed by atoms with E-state index in [2.05, 4.69) is 54.4 Å². The second-order valence-electron chi connectivity index (χ2n) is 13.5. The van der Waals surface area contributed by atoms with Crippen LogP contribution in [0.4, 0.5) is 16.6 Å². The first kappa shape index (κ1) is 31.7. The molecule has 0 bridgehead atoms. The lowest BCUT2D eigenvalue weighted by Crippen LogP contribution is -2.37. The Hall–Kier alpha value is -4.30. The number of pyridine rings is 1. The predicted octanol–water partition coefficient (Wildman–Crippen LogP) is 4.91. The first-order valence-corrected chi connectivity index (χ1v) is 17.4. The second-order valence-corrected chi connectivity index (χ2v) is 15.2. The van der Waals surface area contributed by atoms with Gasteiger partial charge in [0.1, 0.15) is 17.7 Å². The maximum absolute atomic E-state index is 13.2. The number of likely N-dealkylation sites (tertiary alicyclic amines) is 1. The van der Waals surface area contributed by atoms with Crippen molar-refractivity contribution in [1.29, 1.82) is 0 Å². The van der Waals surface area contributed by atoms with Gasteiger partial charge in [-0.05, 0) is 69.5 Å². The lowest BCUT2D eigenvalue weighted by molar-refractivity contribution is 0.170. The molecule has 0 radical (unpaired) electrons. The zero-order valence-corrected chi connectivity index (χ0v) is 27.9. The Kier molecular flexibility index (Phi) is 8.13. The van der Waals surface area contributed by atoms with Crippen molar-refractivity contribution in [3.05, 3.63) is 71.3 Å². The number of nitrogens with one attached hydrogen (secondary N) is 3. The summed E-state index contributed by atoms with van der Waals surface area (Å²) in [6.07, 6.45) is 6.25. The van der Waals surface area contributed by atoms with Crippen molar-refractivity contribution in [2.24, 2.45) is 0 Å². The maximum Gasteiger partial charge on any atom is 0.320 e.